The molecule has 0 saturated heterocycles. The topological polar surface area (TPSA) is 34.9 Å². The van der Waals surface area contributed by atoms with Gasteiger partial charge < -0.3 is 4.57 Å². The minimum absolute atomic E-state index is 0.0588. The van der Waals surface area contributed by atoms with Gasteiger partial charge in [0.2, 0.25) is 0 Å². The minimum atomic E-state index is -0.0588. The third kappa shape index (κ3) is 1.74. The van der Waals surface area contributed by atoms with E-state index in [-0.39, 0.29) is 5.41 Å². The van der Waals surface area contributed by atoms with Gasteiger partial charge in [0, 0.05) is 12.0 Å². The first kappa shape index (κ1) is 11.5. The van der Waals surface area contributed by atoms with E-state index in [1.54, 1.807) is 0 Å². The van der Waals surface area contributed by atoms with Crippen LogP contribution in [0.2, 0.25) is 0 Å². The van der Waals surface area contributed by atoms with Crippen LogP contribution in [0, 0.1) is 5.41 Å². The number of aryl methyl sites for hydroxylation is 1. The van der Waals surface area contributed by atoms with Gasteiger partial charge in [0.05, 0.1) is 17.5 Å². The molecule has 1 aliphatic rings. The van der Waals surface area contributed by atoms with Gasteiger partial charge in [-0.05, 0) is 31.9 Å². The monoisotopic (exact) mass is 242 g/mol. The molecule has 0 amide bonds. The average molecular weight is 242 g/mol. The summed E-state index contributed by atoms with van der Waals surface area (Å²) in [7, 11) is 0. The lowest BCUT2D eigenvalue weighted by atomic mass is 10.0. The third-order valence-electron chi connectivity index (χ3n) is 4.04. The fourth-order valence-corrected chi connectivity index (χ4v) is 2.44. The number of benzene rings is 1. The summed E-state index contributed by atoms with van der Waals surface area (Å²) in [5.41, 5.74) is 2.06. The number of ketones is 1. The van der Waals surface area contributed by atoms with Gasteiger partial charge in [0.15, 0.2) is 0 Å². The number of carbonyl (C=O) groups excluding carboxylic acids is 1. The number of fused-ring (bicyclic) bond motifs is 1. The van der Waals surface area contributed by atoms with Crippen LogP contribution >= 0.6 is 0 Å². The Bertz CT molecular complexity index is 608. The van der Waals surface area contributed by atoms with Crippen LogP contribution in [0.5, 0.6) is 0 Å². The van der Waals surface area contributed by atoms with Gasteiger partial charge in [0.1, 0.15) is 11.6 Å². The highest BCUT2D eigenvalue weighted by atomic mass is 16.1. The van der Waals surface area contributed by atoms with Crippen LogP contribution in [-0.4, -0.2) is 15.3 Å². The molecule has 3 nitrogen and oxygen atoms in total. The Balaban J connectivity index is 1.98. The number of para-hydroxylation sites is 2. The number of rotatable bonds is 4. The molecule has 1 aromatic carbocycles. The maximum absolute atomic E-state index is 12.2. The molecule has 1 aromatic heterocycles. The molecule has 3 rings (SSSR count). The van der Waals surface area contributed by atoms with Crippen molar-refractivity contribution in [3.8, 4) is 0 Å². The molecule has 3 heteroatoms. The van der Waals surface area contributed by atoms with Crippen LogP contribution in [-0.2, 0) is 17.8 Å². The second-order valence-electron chi connectivity index (χ2n) is 5.42. The van der Waals surface area contributed by atoms with Crippen molar-refractivity contribution in [1.29, 1.82) is 0 Å². The number of imidazole rings is 1. The molecule has 0 atom stereocenters. The lowest BCUT2D eigenvalue weighted by molar-refractivity contribution is -0.123. The summed E-state index contributed by atoms with van der Waals surface area (Å²) in [6.45, 7) is 5.02. The predicted octanol–water partition coefficient (Wildman–Crippen LogP) is 2.97. The van der Waals surface area contributed by atoms with Crippen molar-refractivity contribution in [3.63, 3.8) is 0 Å². The van der Waals surface area contributed by atoms with E-state index in [1.807, 2.05) is 18.2 Å². The number of Topliss-reactive ketones (excluding diaryl/α,β-unsaturated/α-hetero) is 1. The summed E-state index contributed by atoms with van der Waals surface area (Å²) in [5.74, 6) is 1.25. The Kier molecular flexibility index (Phi) is 2.51. The number of nitrogens with zero attached hydrogens (tertiary/aromatic N) is 2. The number of carbonyl (C=O) groups is 1. The molecule has 0 bridgehead atoms. The van der Waals surface area contributed by atoms with E-state index in [1.165, 1.54) is 0 Å². The van der Waals surface area contributed by atoms with Gasteiger partial charge in [-0.1, -0.05) is 19.1 Å². The molecule has 1 aliphatic carbocycles. The number of hydrogen-bond donors (Lipinski definition) is 0. The van der Waals surface area contributed by atoms with E-state index < -0.39 is 0 Å². The summed E-state index contributed by atoms with van der Waals surface area (Å²) >= 11 is 0. The summed E-state index contributed by atoms with van der Waals surface area (Å²) in [4.78, 5) is 16.8. The van der Waals surface area contributed by atoms with Gasteiger partial charge in [0.25, 0.3) is 0 Å². The zero-order valence-corrected chi connectivity index (χ0v) is 10.9. The minimum Gasteiger partial charge on any atom is -0.328 e. The highest BCUT2D eigenvalue weighted by molar-refractivity contribution is 5.89. The molecule has 0 spiro atoms. The van der Waals surface area contributed by atoms with E-state index >= 15 is 0 Å². The van der Waals surface area contributed by atoms with E-state index in [0.717, 1.165) is 36.2 Å². The van der Waals surface area contributed by atoms with Crippen LogP contribution in [0.1, 0.15) is 32.5 Å². The van der Waals surface area contributed by atoms with Gasteiger partial charge >= 0.3 is 0 Å². The second-order valence-corrected chi connectivity index (χ2v) is 5.42. The highest BCUT2D eigenvalue weighted by Crippen LogP contribution is 2.46. The van der Waals surface area contributed by atoms with Crippen LogP contribution in [0.15, 0.2) is 24.3 Å². The van der Waals surface area contributed by atoms with Gasteiger partial charge in [-0.15, -0.1) is 0 Å². The summed E-state index contributed by atoms with van der Waals surface area (Å²) in [5, 5.41) is 0. The zero-order chi connectivity index (χ0) is 12.8. The average Bonchev–Trinajstić information content (AvgIpc) is 3.02. The number of hydrogen-bond acceptors (Lipinski definition) is 2. The van der Waals surface area contributed by atoms with Crippen LogP contribution in [0.4, 0.5) is 0 Å². The molecule has 94 valence electrons. The number of aromatic nitrogens is 2. The maximum Gasteiger partial charge on any atom is 0.146 e. The fraction of sp³-hybridized carbons (Fsp3) is 0.467. The standard InChI is InChI=1S/C15H18N2O/c1-3-17-12-7-5-4-6-11(12)16-14(17)10-13(18)15(2)8-9-15/h4-7H,3,8-10H2,1-2H3. The third-order valence-corrected chi connectivity index (χ3v) is 4.04. The van der Waals surface area contributed by atoms with Crippen LogP contribution < -0.4 is 0 Å². The smallest absolute Gasteiger partial charge is 0.146 e. The molecule has 0 unspecified atom stereocenters. The van der Waals surface area contributed by atoms with E-state index in [4.69, 9.17) is 0 Å². The highest BCUT2D eigenvalue weighted by Gasteiger charge is 2.44. The molecule has 1 saturated carbocycles. The van der Waals surface area contributed by atoms with Crippen molar-refractivity contribution in [2.75, 3.05) is 0 Å². The van der Waals surface area contributed by atoms with Crippen molar-refractivity contribution in [1.82, 2.24) is 9.55 Å². The Labute approximate surface area is 107 Å². The summed E-state index contributed by atoms with van der Waals surface area (Å²) in [6.07, 6.45) is 2.55. The quantitative estimate of drug-likeness (QED) is 0.826. The Morgan fingerprint density at radius 3 is 2.78 bits per heavy atom. The van der Waals surface area contributed by atoms with E-state index in [2.05, 4.69) is 29.5 Å². The lowest BCUT2D eigenvalue weighted by Crippen LogP contribution is -2.17. The Morgan fingerprint density at radius 2 is 2.11 bits per heavy atom. The SMILES string of the molecule is CCn1c(CC(=O)C2(C)CC2)nc2ccccc21. The second kappa shape index (κ2) is 3.94. The van der Waals surface area contributed by atoms with Crippen molar-refractivity contribution in [2.45, 2.75) is 39.7 Å². The molecule has 0 radical (unpaired) electrons. The van der Waals surface area contributed by atoms with Crippen molar-refractivity contribution < 1.29 is 4.79 Å². The van der Waals surface area contributed by atoms with Gasteiger partial charge in [-0.25, -0.2) is 4.98 Å². The van der Waals surface area contributed by atoms with E-state index in [9.17, 15) is 4.79 Å². The van der Waals surface area contributed by atoms with Crippen molar-refractivity contribution >= 4 is 16.8 Å². The first-order chi connectivity index (χ1) is 8.64. The Morgan fingerprint density at radius 1 is 1.39 bits per heavy atom. The summed E-state index contributed by atoms with van der Waals surface area (Å²) < 4.78 is 2.15. The molecule has 1 fully saturated rings. The Hall–Kier alpha value is -1.64. The van der Waals surface area contributed by atoms with Crippen molar-refractivity contribution in [3.05, 3.63) is 30.1 Å². The molecule has 0 N–H and O–H groups in total. The maximum atomic E-state index is 12.2. The summed E-state index contributed by atoms with van der Waals surface area (Å²) in [6, 6.07) is 8.08. The molecule has 0 aliphatic heterocycles. The van der Waals surface area contributed by atoms with Gasteiger partial charge in [-0.3, -0.25) is 4.79 Å². The van der Waals surface area contributed by atoms with Crippen molar-refractivity contribution in [2.24, 2.45) is 5.41 Å². The van der Waals surface area contributed by atoms with Gasteiger partial charge in [-0.2, -0.15) is 0 Å². The van der Waals surface area contributed by atoms with E-state index in [0.29, 0.717) is 12.2 Å². The molecule has 1 heterocycles. The molecular formula is C15H18N2O. The van der Waals surface area contributed by atoms with Crippen LogP contribution in [0.25, 0.3) is 11.0 Å². The molecule has 2 aromatic rings. The first-order valence-electron chi connectivity index (χ1n) is 6.61. The molecule has 18 heavy (non-hydrogen) atoms. The lowest BCUT2D eigenvalue weighted by Gasteiger charge is -2.08. The molecular weight excluding hydrogens is 224 g/mol. The van der Waals surface area contributed by atoms with Crippen LogP contribution in [0.3, 0.4) is 0 Å². The predicted molar refractivity (Wildman–Crippen MR) is 71.5 cm³/mol. The normalized spacial score (nSPS) is 17.0. The fourth-order valence-electron chi connectivity index (χ4n) is 2.44. The zero-order valence-electron chi connectivity index (χ0n) is 10.9. The largest absolute Gasteiger partial charge is 0.328 e. The first-order valence-corrected chi connectivity index (χ1v) is 6.61.